The molecular weight excluding hydrogens is 381 g/mol. The van der Waals surface area contributed by atoms with E-state index in [1.165, 1.54) is 0 Å². The Morgan fingerprint density at radius 3 is 2.56 bits per heavy atom. The van der Waals surface area contributed by atoms with Gasteiger partial charge in [0.05, 0.1) is 6.04 Å². The predicted molar refractivity (Wildman–Crippen MR) is 110 cm³/mol. The average Bonchev–Trinajstić information content (AvgIpc) is 3.13. The number of hydrogen-bond donors (Lipinski definition) is 1. The van der Waals surface area contributed by atoms with E-state index < -0.39 is 12.0 Å². The van der Waals surface area contributed by atoms with Crippen LogP contribution in [0.25, 0.3) is 10.8 Å². The second kappa shape index (κ2) is 7.51. The van der Waals surface area contributed by atoms with E-state index in [0.29, 0.717) is 23.0 Å². The van der Waals surface area contributed by atoms with Crippen molar-refractivity contribution in [2.75, 3.05) is 6.54 Å². The normalized spacial score (nSPS) is 18.7. The highest BCUT2D eigenvalue weighted by Crippen LogP contribution is 2.39. The van der Waals surface area contributed by atoms with Gasteiger partial charge in [-0.3, -0.25) is 9.69 Å². The van der Waals surface area contributed by atoms with Crippen LogP contribution in [-0.4, -0.2) is 28.6 Å². The molecule has 138 valence electrons. The molecule has 1 aliphatic heterocycles. The van der Waals surface area contributed by atoms with Gasteiger partial charge in [-0.2, -0.15) is 0 Å². The number of halogens is 2. The quantitative estimate of drug-likeness (QED) is 0.603. The van der Waals surface area contributed by atoms with Gasteiger partial charge in [0.2, 0.25) is 0 Å². The molecule has 27 heavy (non-hydrogen) atoms. The first-order chi connectivity index (χ1) is 13.0. The van der Waals surface area contributed by atoms with Gasteiger partial charge in [-0.05, 0) is 52.9 Å². The van der Waals surface area contributed by atoms with Crippen LogP contribution in [0.3, 0.4) is 0 Å². The number of benzene rings is 3. The molecule has 2 atom stereocenters. The SMILES string of the molecule is O=C(O)C1CCCN1C(c1ccc2ccccc2c1)c1ccc(Cl)cc1Cl. The minimum atomic E-state index is -0.789. The highest BCUT2D eigenvalue weighted by atomic mass is 35.5. The Bertz CT molecular complexity index is 1000. The Morgan fingerprint density at radius 2 is 1.81 bits per heavy atom. The first kappa shape index (κ1) is 18.3. The van der Waals surface area contributed by atoms with Gasteiger partial charge in [-0.15, -0.1) is 0 Å². The molecule has 3 aromatic carbocycles. The molecule has 1 heterocycles. The van der Waals surface area contributed by atoms with Crippen molar-refractivity contribution in [2.45, 2.75) is 24.9 Å². The van der Waals surface area contributed by atoms with Gasteiger partial charge in [0, 0.05) is 16.6 Å². The summed E-state index contributed by atoms with van der Waals surface area (Å²) in [6.45, 7) is 0.716. The number of nitrogens with zero attached hydrogens (tertiary/aromatic N) is 1. The van der Waals surface area contributed by atoms with Crippen molar-refractivity contribution in [3.63, 3.8) is 0 Å². The highest BCUT2D eigenvalue weighted by Gasteiger charge is 2.37. The molecule has 1 aliphatic rings. The molecule has 1 N–H and O–H groups in total. The molecule has 0 amide bonds. The van der Waals surface area contributed by atoms with Crippen molar-refractivity contribution in [1.29, 1.82) is 0 Å². The second-order valence-corrected chi connectivity index (χ2v) is 7.75. The van der Waals surface area contributed by atoms with Crippen molar-refractivity contribution in [2.24, 2.45) is 0 Å². The number of rotatable bonds is 4. The van der Waals surface area contributed by atoms with Crippen molar-refractivity contribution in [3.05, 3.63) is 81.8 Å². The summed E-state index contributed by atoms with van der Waals surface area (Å²) in [5.74, 6) is -0.789. The lowest BCUT2D eigenvalue weighted by molar-refractivity contribution is -0.142. The van der Waals surface area contributed by atoms with E-state index in [0.717, 1.165) is 28.3 Å². The number of fused-ring (bicyclic) bond motifs is 1. The summed E-state index contributed by atoms with van der Waals surface area (Å²) in [4.78, 5) is 13.9. The third-order valence-electron chi connectivity index (χ3n) is 5.26. The van der Waals surface area contributed by atoms with Gasteiger partial charge >= 0.3 is 5.97 Å². The molecule has 1 fully saturated rings. The fourth-order valence-corrected chi connectivity index (χ4v) is 4.53. The van der Waals surface area contributed by atoms with Crippen LogP contribution in [0.1, 0.15) is 30.0 Å². The second-order valence-electron chi connectivity index (χ2n) is 6.91. The van der Waals surface area contributed by atoms with E-state index in [9.17, 15) is 9.90 Å². The Balaban J connectivity index is 1.87. The molecule has 1 saturated heterocycles. The van der Waals surface area contributed by atoms with Crippen molar-refractivity contribution >= 4 is 39.9 Å². The molecule has 2 unspecified atom stereocenters. The van der Waals surface area contributed by atoms with E-state index >= 15 is 0 Å². The molecule has 0 spiro atoms. The Morgan fingerprint density at radius 1 is 1.04 bits per heavy atom. The molecule has 0 radical (unpaired) electrons. The van der Waals surface area contributed by atoms with E-state index in [2.05, 4.69) is 30.3 Å². The summed E-state index contributed by atoms with van der Waals surface area (Å²) in [6, 6.07) is 19.1. The lowest BCUT2D eigenvalue weighted by atomic mass is 9.94. The Hall–Kier alpha value is -2.07. The predicted octanol–water partition coefficient (Wildman–Crippen LogP) is 5.79. The van der Waals surface area contributed by atoms with Gasteiger partial charge in [0.25, 0.3) is 0 Å². The topological polar surface area (TPSA) is 40.5 Å². The first-order valence-corrected chi connectivity index (χ1v) is 9.72. The Labute approximate surface area is 168 Å². The first-order valence-electron chi connectivity index (χ1n) is 8.97. The fraction of sp³-hybridized carbons (Fsp3) is 0.227. The van der Waals surface area contributed by atoms with Crippen LogP contribution >= 0.6 is 23.2 Å². The standard InChI is InChI=1S/C22H19Cl2NO2/c23-17-9-10-18(19(24)13-17)21(25-11-3-6-20(25)22(26)27)16-8-7-14-4-1-2-5-15(14)12-16/h1-2,4-5,7-10,12-13,20-21H,3,6,11H2,(H,26,27). The fourth-order valence-electron chi connectivity index (χ4n) is 4.01. The van der Waals surface area contributed by atoms with E-state index in [-0.39, 0.29) is 6.04 Å². The summed E-state index contributed by atoms with van der Waals surface area (Å²) in [7, 11) is 0. The maximum atomic E-state index is 11.8. The van der Waals surface area contributed by atoms with Crippen LogP contribution in [0.2, 0.25) is 10.0 Å². The number of aliphatic carboxylic acids is 1. The molecule has 0 bridgehead atoms. The zero-order valence-corrected chi connectivity index (χ0v) is 16.1. The van der Waals surface area contributed by atoms with E-state index in [1.54, 1.807) is 6.07 Å². The Kier molecular flexibility index (Phi) is 5.09. The van der Waals surface area contributed by atoms with Gasteiger partial charge in [0.1, 0.15) is 6.04 Å². The number of carbonyl (C=O) groups is 1. The molecule has 0 aliphatic carbocycles. The van der Waals surface area contributed by atoms with E-state index in [1.807, 2.05) is 29.2 Å². The van der Waals surface area contributed by atoms with Crippen molar-refractivity contribution < 1.29 is 9.90 Å². The molecule has 0 aromatic heterocycles. The lowest BCUT2D eigenvalue weighted by Crippen LogP contribution is -2.39. The van der Waals surface area contributed by atoms with Gasteiger partial charge in [-0.25, -0.2) is 0 Å². The third-order valence-corrected chi connectivity index (χ3v) is 5.82. The zero-order valence-electron chi connectivity index (χ0n) is 14.6. The van der Waals surface area contributed by atoms with Crippen LogP contribution in [-0.2, 0) is 4.79 Å². The number of carboxylic acids is 1. The van der Waals surface area contributed by atoms with Crippen LogP contribution in [0.15, 0.2) is 60.7 Å². The summed E-state index contributed by atoms with van der Waals surface area (Å²) in [6.07, 6.45) is 1.50. The molecule has 3 aromatic rings. The van der Waals surface area contributed by atoms with Gasteiger partial charge in [0.15, 0.2) is 0 Å². The van der Waals surface area contributed by atoms with Crippen LogP contribution in [0.5, 0.6) is 0 Å². The van der Waals surface area contributed by atoms with E-state index in [4.69, 9.17) is 23.2 Å². The highest BCUT2D eigenvalue weighted by molar-refractivity contribution is 6.35. The number of carboxylic acid groups (broad SMARTS) is 1. The average molecular weight is 400 g/mol. The number of hydrogen-bond acceptors (Lipinski definition) is 2. The van der Waals surface area contributed by atoms with Crippen molar-refractivity contribution in [3.8, 4) is 0 Å². The van der Waals surface area contributed by atoms with Gasteiger partial charge in [-0.1, -0.05) is 65.7 Å². The monoisotopic (exact) mass is 399 g/mol. The largest absolute Gasteiger partial charge is 0.480 e. The molecule has 4 rings (SSSR count). The summed E-state index contributed by atoms with van der Waals surface area (Å²) in [5.41, 5.74) is 1.91. The summed E-state index contributed by atoms with van der Waals surface area (Å²) >= 11 is 12.6. The minimum Gasteiger partial charge on any atom is -0.480 e. The lowest BCUT2D eigenvalue weighted by Gasteiger charge is -2.32. The van der Waals surface area contributed by atoms with Crippen LogP contribution in [0.4, 0.5) is 0 Å². The van der Waals surface area contributed by atoms with Crippen molar-refractivity contribution in [1.82, 2.24) is 4.90 Å². The molecular formula is C22H19Cl2NO2. The van der Waals surface area contributed by atoms with Crippen LogP contribution < -0.4 is 0 Å². The summed E-state index contributed by atoms with van der Waals surface area (Å²) < 4.78 is 0. The molecule has 5 heteroatoms. The molecule has 3 nitrogen and oxygen atoms in total. The third kappa shape index (κ3) is 3.55. The maximum Gasteiger partial charge on any atom is 0.320 e. The van der Waals surface area contributed by atoms with Crippen LogP contribution in [0, 0.1) is 0 Å². The maximum absolute atomic E-state index is 11.8. The smallest absolute Gasteiger partial charge is 0.320 e. The molecule has 0 saturated carbocycles. The summed E-state index contributed by atoms with van der Waals surface area (Å²) in [5, 5.41) is 13.1. The number of likely N-dealkylation sites (tertiary alicyclic amines) is 1. The zero-order chi connectivity index (χ0) is 19.0. The van der Waals surface area contributed by atoms with Gasteiger partial charge < -0.3 is 5.11 Å². The minimum absolute atomic E-state index is 0.233.